The van der Waals surface area contributed by atoms with Crippen LogP contribution in [0.2, 0.25) is 5.02 Å². The van der Waals surface area contributed by atoms with E-state index in [9.17, 15) is 14.0 Å². The third-order valence-electron chi connectivity index (χ3n) is 5.28. The van der Waals surface area contributed by atoms with Crippen LogP contribution in [0.3, 0.4) is 0 Å². The largest absolute Gasteiger partial charge is 0.339 e. The molecule has 2 aromatic carbocycles. The number of rotatable bonds is 4. The minimum Gasteiger partial charge on any atom is -0.339 e. The van der Waals surface area contributed by atoms with Crippen molar-refractivity contribution in [1.29, 1.82) is 0 Å². The molecule has 5 nitrogen and oxygen atoms in total. The van der Waals surface area contributed by atoms with E-state index in [-0.39, 0.29) is 22.4 Å². The van der Waals surface area contributed by atoms with Gasteiger partial charge in [-0.2, -0.15) is 0 Å². The summed E-state index contributed by atoms with van der Waals surface area (Å²) in [5.74, 6) is -0.684. The van der Waals surface area contributed by atoms with Crippen molar-refractivity contribution in [3.05, 3.63) is 89.0 Å². The van der Waals surface area contributed by atoms with Crippen molar-refractivity contribution in [2.45, 2.75) is 6.42 Å². The molecule has 2 amide bonds. The highest BCUT2D eigenvalue weighted by atomic mass is 35.5. The summed E-state index contributed by atoms with van der Waals surface area (Å²) in [6.07, 6.45) is 4.27. The van der Waals surface area contributed by atoms with E-state index >= 15 is 0 Å². The van der Waals surface area contributed by atoms with Gasteiger partial charge in [0.2, 0.25) is 5.91 Å². The summed E-state index contributed by atoms with van der Waals surface area (Å²) in [5.41, 5.74) is 2.27. The van der Waals surface area contributed by atoms with Crippen LogP contribution >= 0.6 is 11.6 Å². The second kappa shape index (κ2) is 8.71. The van der Waals surface area contributed by atoms with Crippen LogP contribution in [-0.4, -0.2) is 52.4 Å². The van der Waals surface area contributed by atoms with Crippen LogP contribution in [0.1, 0.15) is 15.9 Å². The second-order valence-corrected chi connectivity index (χ2v) is 7.64. The minimum absolute atomic E-state index is 0.0376. The molecule has 1 aliphatic heterocycles. The Kier molecular flexibility index (Phi) is 5.86. The zero-order valence-corrected chi connectivity index (χ0v) is 17.1. The summed E-state index contributed by atoms with van der Waals surface area (Å²) in [4.78, 5) is 28.7. The number of piperazine rings is 1. The molecule has 0 bridgehead atoms. The molecule has 1 aromatic heterocycles. The number of hydrogen-bond acceptors (Lipinski definition) is 2. The van der Waals surface area contributed by atoms with Crippen molar-refractivity contribution in [3.8, 4) is 5.69 Å². The highest BCUT2D eigenvalue weighted by Gasteiger charge is 2.26. The Hall–Kier alpha value is -3.12. The number of aromatic nitrogens is 1. The molecule has 0 N–H and O–H groups in total. The van der Waals surface area contributed by atoms with Crippen molar-refractivity contribution in [2.75, 3.05) is 26.2 Å². The lowest BCUT2D eigenvalue weighted by Gasteiger charge is -2.35. The summed E-state index contributed by atoms with van der Waals surface area (Å²) >= 11 is 6.00. The first-order valence-electron chi connectivity index (χ1n) is 9.75. The van der Waals surface area contributed by atoms with Gasteiger partial charge < -0.3 is 14.4 Å². The maximum Gasteiger partial charge on any atom is 0.255 e. The monoisotopic (exact) mass is 425 g/mol. The van der Waals surface area contributed by atoms with E-state index in [0.717, 1.165) is 17.3 Å². The van der Waals surface area contributed by atoms with E-state index in [1.54, 1.807) is 9.80 Å². The summed E-state index contributed by atoms with van der Waals surface area (Å²) in [6, 6.07) is 15.6. The Morgan fingerprint density at radius 3 is 2.17 bits per heavy atom. The number of nitrogens with zero attached hydrogens (tertiary/aromatic N) is 3. The molecular weight excluding hydrogens is 405 g/mol. The molecule has 0 spiro atoms. The fourth-order valence-electron chi connectivity index (χ4n) is 3.57. The van der Waals surface area contributed by atoms with Gasteiger partial charge in [-0.25, -0.2) is 4.39 Å². The number of carbonyl (C=O) groups is 2. The van der Waals surface area contributed by atoms with E-state index in [1.165, 1.54) is 12.1 Å². The van der Waals surface area contributed by atoms with E-state index in [0.29, 0.717) is 32.6 Å². The second-order valence-electron chi connectivity index (χ2n) is 7.23. The molecule has 1 saturated heterocycles. The van der Waals surface area contributed by atoms with Gasteiger partial charge in [-0.15, -0.1) is 0 Å². The molecule has 0 radical (unpaired) electrons. The fourth-order valence-corrected chi connectivity index (χ4v) is 3.82. The Labute approximate surface area is 179 Å². The SMILES string of the molecule is O=C(Cc1ccc(-n2cccc2)cc1)N1CCN(C(=O)c2ccc(F)cc2Cl)CC1. The minimum atomic E-state index is -0.478. The normalized spacial score (nSPS) is 14.1. The molecule has 0 saturated carbocycles. The molecule has 4 rings (SSSR count). The number of amides is 2. The maximum atomic E-state index is 13.2. The first kappa shape index (κ1) is 20.2. The first-order chi connectivity index (χ1) is 14.5. The van der Waals surface area contributed by atoms with Gasteiger partial charge in [0.1, 0.15) is 5.82 Å². The van der Waals surface area contributed by atoms with Crippen LogP contribution in [0.25, 0.3) is 5.69 Å². The lowest BCUT2D eigenvalue weighted by atomic mass is 10.1. The topological polar surface area (TPSA) is 45.6 Å². The van der Waals surface area contributed by atoms with Gasteiger partial charge in [-0.05, 0) is 48.0 Å². The van der Waals surface area contributed by atoms with Crippen LogP contribution < -0.4 is 0 Å². The predicted molar refractivity (Wildman–Crippen MR) is 113 cm³/mol. The molecule has 154 valence electrons. The van der Waals surface area contributed by atoms with Gasteiger partial charge in [-0.1, -0.05) is 23.7 Å². The smallest absolute Gasteiger partial charge is 0.255 e. The van der Waals surface area contributed by atoms with E-state index in [2.05, 4.69) is 0 Å². The Morgan fingerprint density at radius 2 is 1.53 bits per heavy atom. The first-order valence-corrected chi connectivity index (χ1v) is 10.1. The molecule has 0 atom stereocenters. The lowest BCUT2D eigenvalue weighted by Crippen LogP contribution is -2.51. The molecule has 3 aromatic rings. The van der Waals surface area contributed by atoms with Crippen molar-refractivity contribution in [2.24, 2.45) is 0 Å². The third-order valence-corrected chi connectivity index (χ3v) is 5.59. The molecule has 1 aliphatic rings. The standard InChI is InChI=1S/C23H21ClFN3O2/c24-21-16-18(25)5-8-20(21)23(30)28-13-11-27(12-14-28)22(29)15-17-3-6-19(7-4-17)26-9-1-2-10-26/h1-10,16H,11-15H2. The van der Waals surface area contributed by atoms with Crippen molar-refractivity contribution in [3.63, 3.8) is 0 Å². The maximum absolute atomic E-state index is 13.2. The lowest BCUT2D eigenvalue weighted by molar-refractivity contribution is -0.131. The number of hydrogen-bond donors (Lipinski definition) is 0. The van der Waals surface area contributed by atoms with Gasteiger partial charge in [-0.3, -0.25) is 9.59 Å². The molecule has 30 heavy (non-hydrogen) atoms. The van der Waals surface area contributed by atoms with Crippen molar-refractivity contribution >= 4 is 23.4 Å². The van der Waals surface area contributed by atoms with E-state index in [1.807, 2.05) is 53.4 Å². The molecule has 2 heterocycles. The van der Waals surface area contributed by atoms with Gasteiger partial charge in [0.05, 0.1) is 17.0 Å². The third kappa shape index (κ3) is 4.39. The van der Waals surface area contributed by atoms with Crippen molar-refractivity contribution < 1.29 is 14.0 Å². The fraction of sp³-hybridized carbons (Fsp3) is 0.217. The zero-order chi connectivity index (χ0) is 21.1. The summed E-state index contributed by atoms with van der Waals surface area (Å²) in [7, 11) is 0. The van der Waals surface area contributed by atoms with Crippen LogP contribution in [-0.2, 0) is 11.2 Å². The average Bonchev–Trinajstić information content (AvgIpc) is 3.29. The molecular formula is C23H21ClFN3O2. The Bertz CT molecular complexity index is 1040. The number of carbonyl (C=O) groups excluding carboxylic acids is 2. The highest BCUT2D eigenvalue weighted by molar-refractivity contribution is 6.33. The van der Waals surface area contributed by atoms with Crippen molar-refractivity contribution in [1.82, 2.24) is 14.4 Å². The van der Waals surface area contributed by atoms with Gasteiger partial charge in [0.25, 0.3) is 5.91 Å². The predicted octanol–water partition coefficient (Wildman–Crippen LogP) is 3.80. The van der Waals surface area contributed by atoms with Crippen LogP contribution in [0, 0.1) is 5.82 Å². The van der Waals surface area contributed by atoms with E-state index < -0.39 is 5.82 Å². The summed E-state index contributed by atoms with van der Waals surface area (Å²) in [6.45, 7) is 1.77. The summed E-state index contributed by atoms with van der Waals surface area (Å²) < 4.78 is 15.2. The number of halogens is 2. The quantitative estimate of drug-likeness (QED) is 0.638. The summed E-state index contributed by atoms with van der Waals surface area (Å²) in [5, 5.41) is 0.0989. The highest BCUT2D eigenvalue weighted by Crippen LogP contribution is 2.20. The van der Waals surface area contributed by atoms with Gasteiger partial charge >= 0.3 is 0 Å². The molecule has 7 heteroatoms. The zero-order valence-electron chi connectivity index (χ0n) is 16.3. The van der Waals surface area contributed by atoms with Gasteiger partial charge in [0, 0.05) is 44.3 Å². The molecule has 1 fully saturated rings. The van der Waals surface area contributed by atoms with E-state index in [4.69, 9.17) is 11.6 Å². The Balaban J connectivity index is 1.32. The average molecular weight is 426 g/mol. The van der Waals surface area contributed by atoms with Crippen LogP contribution in [0.4, 0.5) is 4.39 Å². The van der Waals surface area contributed by atoms with Crippen LogP contribution in [0.5, 0.6) is 0 Å². The van der Waals surface area contributed by atoms with Crippen LogP contribution in [0.15, 0.2) is 67.0 Å². The van der Waals surface area contributed by atoms with Gasteiger partial charge in [0.15, 0.2) is 0 Å². The number of benzene rings is 2. The molecule has 0 aliphatic carbocycles. The molecule has 0 unspecified atom stereocenters. The Morgan fingerprint density at radius 1 is 0.900 bits per heavy atom.